The van der Waals surface area contributed by atoms with Gasteiger partial charge in [0.15, 0.2) is 0 Å². The van der Waals surface area contributed by atoms with E-state index >= 15 is 0 Å². The van der Waals surface area contributed by atoms with E-state index in [1.54, 1.807) is 11.3 Å². The summed E-state index contributed by atoms with van der Waals surface area (Å²) in [7, 11) is 0. The molecule has 1 saturated heterocycles. The van der Waals surface area contributed by atoms with Crippen LogP contribution in [-0.2, 0) is 10.3 Å². The van der Waals surface area contributed by atoms with Crippen molar-refractivity contribution in [2.24, 2.45) is 0 Å². The van der Waals surface area contributed by atoms with Gasteiger partial charge in [-0.25, -0.2) is 0 Å². The number of hydrogen-bond acceptors (Lipinski definition) is 3. The van der Waals surface area contributed by atoms with Crippen molar-refractivity contribution in [1.82, 2.24) is 0 Å². The predicted octanol–water partition coefficient (Wildman–Crippen LogP) is 2.44. The zero-order valence-corrected chi connectivity index (χ0v) is 9.27. The van der Waals surface area contributed by atoms with Crippen molar-refractivity contribution in [3.8, 4) is 0 Å². The van der Waals surface area contributed by atoms with E-state index in [2.05, 4.69) is 18.4 Å². The lowest BCUT2D eigenvalue weighted by molar-refractivity contribution is 0.0147. The standard InChI is InChI=1S/C11H16O2S/c1-9-7-10(8-14-9)11(12)3-2-5-13-6-4-11/h7-8,12H,2-6H2,1H3. The van der Waals surface area contributed by atoms with Crippen molar-refractivity contribution in [3.63, 3.8) is 0 Å². The highest BCUT2D eigenvalue weighted by Gasteiger charge is 2.30. The molecule has 14 heavy (non-hydrogen) atoms. The molecule has 0 spiro atoms. The molecule has 0 radical (unpaired) electrons. The van der Waals surface area contributed by atoms with Crippen LogP contribution in [0.3, 0.4) is 0 Å². The lowest BCUT2D eigenvalue weighted by atomic mass is 9.89. The van der Waals surface area contributed by atoms with Gasteiger partial charge in [0.1, 0.15) is 0 Å². The second kappa shape index (κ2) is 4.01. The number of aliphatic hydroxyl groups is 1. The van der Waals surface area contributed by atoms with Gasteiger partial charge in [-0.1, -0.05) is 0 Å². The van der Waals surface area contributed by atoms with E-state index in [9.17, 15) is 5.11 Å². The number of aryl methyl sites for hydroxylation is 1. The Morgan fingerprint density at radius 1 is 1.43 bits per heavy atom. The molecule has 1 aromatic heterocycles. The maximum absolute atomic E-state index is 10.5. The molecule has 1 aliphatic heterocycles. The molecule has 1 N–H and O–H groups in total. The van der Waals surface area contributed by atoms with Crippen LogP contribution in [0.2, 0.25) is 0 Å². The fourth-order valence-corrected chi connectivity index (χ4v) is 2.71. The Kier molecular flexibility index (Phi) is 2.91. The zero-order chi connectivity index (χ0) is 10.0. The highest BCUT2D eigenvalue weighted by molar-refractivity contribution is 7.10. The van der Waals surface area contributed by atoms with E-state index in [1.807, 2.05) is 0 Å². The van der Waals surface area contributed by atoms with Gasteiger partial charge < -0.3 is 9.84 Å². The topological polar surface area (TPSA) is 29.5 Å². The van der Waals surface area contributed by atoms with Crippen LogP contribution in [0.5, 0.6) is 0 Å². The lowest BCUT2D eigenvalue weighted by Gasteiger charge is -2.24. The first kappa shape index (κ1) is 10.1. The first-order valence-electron chi connectivity index (χ1n) is 5.06. The molecule has 2 nitrogen and oxygen atoms in total. The van der Waals surface area contributed by atoms with Crippen LogP contribution in [0, 0.1) is 6.92 Å². The average Bonchev–Trinajstić information content (AvgIpc) is 2.47. The van der Waals surface area contributed by atoms with Crippen molar-refractivity contribution in [2.75, 3.05) is 13.2 Å². The smallest absolute Gasteiger partial charge is 0.0927 e. The second-order valence-electron chi connectivity index (χ2n) is 3.94. The van der Waals surface area contributed by atoms with Crippen molar-refractivity contribution in [2.45, 2.75) is 31.8 Å². The molecule has 0 aromatic carbocycles. The van der Waals surface area contributed by atoms with Crippen LogP contribution < -0.4 is 0 Å². The Morgan fingerprint density at radius 2 is 2.29 bits per heavy atom. The third-order valence-electron chi connectivity index (χ3n) is 2.81. The lowest BCUT2D eigenvalue weighted by Crippen LogP contribution is -2.25. The maximum atomic E-state index is 10.5. The van der Waals surface area contributed by atoms with Crippen LogP contribution in [0.1, 0.15) is 29.7 Å². The summed E-state index contributed by atoms with van der Waals surface area (Å²) in [5.41, 5.74) is 0.437. The van der Waals surface area contributed by atoms with Crippen molar-refractivity contribution < 1.29 is 9.84 Å². The van der Waals surface area contributed by atoms with Crippen LogP contribution >= 0.6 is 11.3 Å². The Labute approximate surface area is 88.5 Å². The first-order valence-corrected chi connectivity index (χ1v) is 5.94. The molecule has 0 amide bonds. The average molecular weight is 212 g/mol. The summed E-state index contributed by atoms with van der Waals surface area (Å²) < 4.78 is 5.36. The number of hydrogen-bond donors (Lipinski definition) is 1. The van der Waals surface area contributed by atoms with Gasteiger partial charge in [0.05, 0.1) is 5.60 Å². The van der Waals surface area contributed by atoms with Crippen LogP contribution in [0.4, 0.5) is 0 Å². The third-order valence-corrected chi connectivity index (χ3v) is 3.67. The number of rotatable bonds is 1. The number of thiophene rings is 1. The summed E-state index contributed by atoms with van der Waals surface area (Å²) >= 11 is 1.70. The molecule has 0 bridgehead atoms. The van der Waals surface area contributed by atoms with Gasteiger partial charge in [0.2, 0.25) is 0 Å². The molecule has 1 fully saturated rings. The van der Waals surface area contributed by atoms with E-state index in [4.69, 9.17) is 4.74 Å². The molecule has 0 saturated carbocycles. The van der Waals surface area contributed by atoms with E-state index in [0.717, 1.165) is 31.4 Å². The monoisotopic (exact) mass is 212 g/mol. The van der Waals surface area contributed by atoms with Gasteiger partial charge in [-0.05, 0) is 36.8 Å². The molecule has 2 heterocycles. The maximum Gasteiger partial charge on any atom is 0.0927 e. The normalized spacial score (nSPS) is 28.7. The largest absolute Gasteiger partial charge is 0.385 e. The summed E-state index contributed by atoms with van der Waals surface area (Å²) in [5.74, 6) is 0. The van der Waals surface area contributed by atoms with Crippen LogP contribution in [0.25, 0.3) is 0 Å². The minimum absolute atomic E-state index is 0.638. The number of ether oxygens (including phenoxy) is 1. The van der Waals surface area contributed by atoms with E-state index in [0.29, 0.717) is 6.61 Å². The third kappa shape index (κ3) is 2.00. The van der Waals surface area contributed by atoms with Crippen molar-refractivity contribution in [3.05, 3.63) is 21.9 Å². The Hall–Kier alpha value is -0.380. The molecule has 1 aromatic rings. The summed E-state index contributed by atoms with van der Waals surface area (Å²) in [6.07, 6.45) is 2.50. The molecule has 78 valence electrons. The predicted molar refractivity (Wildman–Crippen MR) is 57.6 cm³/mol. The zero-order valence-electron chi connectivity index (χ0n) is 8.45. The summed E-state index contributed by atoms with van der Waals surface area (Å²) in [4.78, 5) is 1.26. The SMILES string of the molecule is Cc1cc(C2(O)CCCOCC2)cs1. The highest BCUT2D eigenvalue weighted by atomic mass is 32.1. The second-order valence-corrected chi connectivity index (χ2v) is 5.06. The van der Waals surface area contributed by atoms with E-state index in [-0.39, 0.29) is 0 Å². The van der Waals surface area contributed by atoms with Crippen LogP contribution in [-0.4, -0.2) is 18.3 Å². The van der Waals surface area contributed by atoms with Crippen molar-refractivity contribution >= 4 is 11.3 Å². The Balaban J connectivity index is 2.20. The highest BCUT2D eigenvalue weighted by Crippen LogP contribution is 2.34. The van der Waals surface area contributed by atoms with Crippen molar-refractivity contribution in [1.29, 1.82) is 0 Å². The van der Waals surface area contributed by atoms with Gasteiger partial charge in [-0.3, -0.25) is 0 Å². The van der Waals surface area contributed by atoms with Gasteiger partial charge in [-0.15, -0.1) is 11.3 Å². The molecule has 1 unspecified atom stereocenters. The van der Waals surface area contributed by atoms with Gasteiger partial charge >= 0.3 is 0 Å². The summed E-state index contributed by atoms with van der Waals surface area (Å²) in [6, 6.07) is 2.09. The Bertz CT molecular complexity index is 298. The van der Waals surface area contributed by atoms with Gasteiger partial charge in [0.25, 0.3) is 0 Å². The first-order chi connectivity index (χ1) is 6.71. The van der Waals surface area contributed by atoms with Gasteiger partial charge in [-0.2, -0.15) is 0 Å². The molecule has 0 aliphatic carbocycles. The molecule has 1 atom stereocenters. The van der Waals surface area contributed by atoms with Gasteiger partial charge in [0, 0.05) is 24.5 Å². The fourth-order valence-electron chi connectivity index (χ4n) is 1.91. The van der Waals surface area contributed by atoms with Crippen LogP contribution in [0.15, 0.2) is 11.4 Å². The fraction of sp³-hybridized carbons (Fsp3) is 0.636. The quantitative estimate of drug-likeness (QED) is 0.774. The van der Waals surface area contributed by atoms with E-state index < -0.39 is 5.60 Å². The summed E-state index contributed by atoms with van der Waals surface area (Å²) in [5, 5.41) is 12.5. The molecule has 2 rings (SSSR count). The molecule has 1 aliphatic rings. The van der Waals surface area contributed by atoms with E-state index in [1.165, 1.54) is 4.88 Å². The molecule has 3 heteroatoms. The molecular formula is C11H16O2S. The Morgan fingerprint density at radius 3 is 3.00 bits per heavy atom. The molecular weight excluding hydrogens is 196 g/mol. The summed E-state index contributed by atoms with van der Waals surface area (Å²) in [6.45, 7) is 3.53. The minimum Gasteiger partial charge on any atom is -0.385 e. The minimum atomic E-state index is -0.638.